The Bertz CT molecular complexity index is 783. The molecule has 2 aromatic carbocycles. The van der Waals surface area contributed by atoms with Gasteiger partial charge in [0, 0.05) is 10.4 Å². The average molecular weight is 218 g/mol. The first-order chi connectivity index (χ1) is 8.42. The molecule has 1 heteroatoms. The van der Waals surface area contributed by atoms with Crippen molar-refractivity contribution in [3.8, 4) is 0 Å². The van der Waals surface area contributed by atoms with Crippen LogP contribution in [-0.2, 0) is 4.74 Å². The topological polar surface area (TPSA) is 9.23 Å². The van der Waals surface area contributed by atoms with E-state index in [9.17, 15) is 0 Å². The van der Waals surface area contributed by atoms with Crippen LogP contribution >= 0.6 is 0 Å². The van der Waals surface area contributed by atoms with Gasteiger partial charge in [-0.3, -0.25) is 0 Å². The van der Waals surface area contributed by atoms with Gasteiger partial charge in [0.2, 0.25) is 0 Å². The van der Waals surface area contributed by atoms with Crippen molar-refractivity contribution in [2.24, 2.45) is 0 Å². The monoisotopic (exact) mass is 218 g/mol. The molecule has 17 heavy (non-hydrogen) atoms. The molecule has 0 aromatic heterocycles. The second-order valence-corrected chi connectivity index (χ2v) is 4.29. The van der Waals surface area contributed by atoms with Crippen molar-refractivity contribution in [1.82, 2.24) is 0 Å². The summed E-state index contributed by atoms with van der Waals surface area (Å²) in [7, 11) is 0. The lowest BCUT2D eigenvalue weighted by molar-refractivity contribution is 0.474. The van der Waals surface area contributed by atoms with Crippen LogP contribution in [0.1, 0.15) is 0 Å². The molecule has 2 bridgehead atoms. The van der Waals surface area contributed by atoms with E-state index in [4.69, 9.17) is 4.74 Å². The van der Waals surface area contributed by atoms with Crippen molar-refractivity contribution in [2.45, 2.75) is 0 Å². The first kappa shape index (κ1) is 8.82. The fourth-order valence-corrected chi connectivity index (χ4v) is 2.42. The molecule has 0 aliphatic carbocycles. The summed E-state index contributed by atoms with van der Waals surface area (Å²) >= 11 is 0. The maximum atomic E-state index is 5.90. The predicted octanol–water partition coefficient (Wildman–Crippen LogP) is 0.208. The van der Waals surface area contributed by atoms with Gasteiger partial charge in [-0.25, -0.2) is 0 Å². The van der Waals surface area contributed by atoms with Gasteiger partial charge in [0.05, 0.1) is 0 Å². The SMILES string of the molecule is C1=c2ccccc2=C2C=c3ccccc3=C1O2. The van der Waals surface area contributed by atoms with Gasteiger partial charge in [-0.1, -0.05) is 48.5 Å². The summed E-state index contributed by atoms with van der Waals surface area (Å²) < 4.78 is 5.90. The van der Waals surface area contributed by atoms with Crippen LogP contribution in [0.5, 0.6) is 0 Å². The highest BCUT2D eigenvalue weighted by molar-refractivity contribution is 5.86. The lowest BCUT2D eigenvalue weighted by atomic mass is 10.1. The molecule has 4 rings (SSSR count). The molecule has 0 unspecified atom stereocenters. The smallest absolute Gasteiger partial charge is 0.135 e. The molecule has 0 spiro atoms. The van der Waals surface area contributed by atoms with Crippen molar-refractivity contribution in [1.29, 1.82) is 0 Å². The number of hydrogen-bond acceptors (Lipinski definition) is 1. The van der Waals surface area contributed by atoms with Crippen molar-refractivity contribution in [3.63, 3.8) is 0 Å². The second kappa shape index (κ2) is 3.11. The summed E-state index contributed by atoms with van der Waals surface area (Å²) in [5.74, 6) is 1.91. The van der Waals surface area contributed by atoms with Crippen LogP contribution in [0, 0.1) is 0 Å². The Morgan fingerprint density at radius 3 is 1.59 bits per heavy atom. The summed E-state index contributed by atoms with van der Waals surface area (Å²) in [6.45, 7) is 0. The molecule has 0 radical (unpaired) electrons. The Morgan fingerprint density at radius 2 is 1.06 bits per heavy atom. The maximum absolute atomic E-state index is 5.90. The number of fused-ring (bicyclic) bond motifs is 4. The standard InChI is InChI=1S/C16H10O/c1-3-7-13-11(5-1)9-15-14-8-4-2-6-12(14)10-16(13)17-15/h1-10H. The molecule has 2 aliphatic rings. The van der Waals surface area contributed by atoms with Crippen LogP contribution in [0.25, 0.3) is 23.7 Å². The Labute approximate surface area is 98.3 Å². The van der Waals surface area contributed by atoms with Gasteiger partial charge >= 0.3 is 0 Å². The highest BCUT2D eigenvalue weighted by Gasteiger charge is 2.12. The molecule has 0 N–H and O–H groups in total. The molecular weight excluding hydrogens is 208 g/mol. The third-order valence-corrected chi connectivity index (χ3v) is 3.25. The summed E-state index contributed by atoms with van der Waals surface area (Å²) in [5, 5.41) is 4.81. The van der Waals surface area contributed by atoms with E-state index in [2.05, 4.69) is 48.6 Å². The van der Waals surface area contributed by atoms with E-state index in [0.29, 0.717) is 0 Å². The van der Waals surface area contributed by atoms with Gasteiger partial charge in [0.15, 0.2) is 0 Å². The highest BCUT2D eigenvalue weighted by Crippen LogP contribution is 2.13. The molecule has 0 fully saturated rings. The Kier molecular flexibility index (Phi) is 1.61. The van der Waals surface area contributed by atoms with Crippen LogP contribution < -0.4 is 20.9 Å². The third kappa shape index (κ3) is 1.19. The third-order valence-electron chi connectivity index (χ3n) is 3.25. The van der Waals surface area contributed by atoms with E-state index in [1.54, 1.807) is 0 Å². The van der Waals surface area contributed by atoms with Gasteiger partial charge < -0.3 is 4.74 Å². The molecule has 0 atom stereocenters. The Morgan fingerprint density at radius 1 is 0.588 bits per heavy atom. The summed E-state index contributed by atoms with van der Waals surface area (Å²) in [4.78, 5) is 0. The van der Waals surface area contributed by atoms with Gasteiger partial charge in [-0.15, -0.1) is 0 Å². The zero-order valence-electron chi connectivity index (χ0n) is 9.18. The lowest BCUT2D eigenvalue weighted by Gasteiger charge is -2.16. The number of benzene rings is 2. The summed E-state index contributed by atoms with van der Waals surface area (Å²) in [5.41, 5.74) is 0. The van der Waals surface area contributed by atoms with E-state index in [1.807, 2.05) is 12.1 Å². The fourth-order valence-electron chi connectivity index (χ4n) is 2.42. The minimum absolute atomic E-state index is 0.955. The number of ether oxygens (including phenoxy) is 1. The molecule has 0 saturated carbocycles. The Balaban J connectivity index is 2.30. The molecule has 0 saturated heterocycles. The molecular formula is C16H10O. The fraction of sp³-hybridized carbons (Fsp3) is 0. The largest absolute Gasteiger partial charge is 0.456 e. The minimum atomic E-state index is 0.955. The zero-order chi connectivity index (χ0) is 11.2. The molecule has 80 valence electrons. The molecule has 0 amide bonds. The quantitative estimate of drug-likeness (QED) is 0.614. The highest BCUT2D eigenvalue weighted by atomic mass is 16.5. The summed E-state index contributed by atoms with van der Waals surface area (Å²) in [6, 6.07) is 16.7. The van der Waals surface area contributed by atoms with Crippen molar-refractivity contribution in [3.05, 3.63) is 69.4 Å². The predicted molar refractivity (Wildman–Crippen MR) is 68.2 cm³/mol. The van der Waals surface area contributed by atoms with Crippen LogP contribution in [0.4, 0.5) is 0 Å². The first-order valence-electron chi connectivity index (χ1n) is 5.72. The molecule has 2 aliphatic heterocycles. The van der Waals surface area contributed by atoms with E-state index in [-0.39, 0.29) is 0 Å². The molecule has 1 nitrogen and oxygen atoms in total. The lowest BCUT2D eigenvalue weighted by Crippen LogP contribution is -2.38. The first-order valence-corrected chi connectivity index (χ1v) is 5.72. The second-order valence-electron chi connectivity index (χ2n) is 4.29. The minimum Gasteiger partial charge on any atom is -0.456 e. The van der Waals surface area contributed by atoms with Crippen LogP contribution in [0.3, 0.4) is 0 Å². The van der Waals surface area contributed by atoms with Crippen LogP contribution in [0.15, 0.2) is 48.5 Å². The van der Waals surface area contributed by atoms with Crippen LogP contribution in [0.2, 0.25) is 0 Å². The van der Waals surface area contributed by atoms with Gasteiger partial charge in [0.25, 0.3) is 0 Å². The van der Waals surface area contributed by atoms with Gasteiger partial charge in [-0.05, 0) is 22.6 Å². The molecule has 2 heterocycles. The van der Waals surface area contributed by atoms with Crippen LogP contribution in [-0.4, -0.2) is 0 Å². The van der Waals surface area contributed by atoms with Gasteiger partial charge in [-0.2, -0.15) is 0 Å². The maximum Gasteiger partial charge on any atom is 0.135 e. The Hall–Kier alpha value is -2.28. The average Bonchev–Trinajstić information content (AvgIpc) is 2.39. The number of rotatable bonds is 0. The molecule has 2 aromatic rings. The van der Waals surface area contributed by atoms with Crippen molar-refractivity contribution >= 4 is 23.7 Å². The van der Waals surface area contributed by atoms with E-state index in [0.717, 1.165) is 11.5 Å². The van der Waals surface area contributed by atoms with E-state index in [1.165, 1.54) is 20.9 Å². The number of hydrogen-bond donors (Lipinski definition) is 0. The normalized spacial score (nSPS) is 15.1. The van der Waals surface area contributed by atoms with Crippen molar-refractivity contribution in [2.75, 3.05) is 0 Å². The summed E-state index contributed by atoms with van der Waals surface area (Å²) in [6.07, 6.45) is 4.23. The van der Waals surface area contributed by atoms with E-state index >= 15 is 0 Å². The van der Waals surface area contributed by atoms with Gasteiger partial charge in [0.1, 0.15) is 11.5 Å². The zero-order valence-corrected chi connectivity index (χ0v) is 9.18. The van der Waals surface area contributed by atoms with E-state index < -0.39 is 0 Å². The van der Waals surface area contributed by atoms with Crippen molar-refractivity contribution < 1.29 is 4.74 Å².